The molecule has 0 aromatic heterocycles. The molecular formula is C18H30IN3O2. The van der Waals surface area contributed by atoms with Gasteiger partial charge in [-0.2, -0.15) is 0 Å². The molecule has 5 nitrogen and oxygen atoms in total. The van der Waals surface area contributed by atoms with Crippen LogP contribution in [0.3, 0.4) is 0 Å². The summed E-state index contributed by atoms with van der Waals surface area (Å²) >= 11 is 0. The highest BCUT2D eigenvalue weighted by atomic mass is 127. The zero-order valence-corrected chi connectivity index (χ0v) is 17.3. The van der Waals surface area contributed by atoms with Gasteiger partial charge in [-0.3, -0.25) is 4.99 Å². The Morgan fingerprint density at radius 3 is 2.79 bits per heavy atom. The number of aliphatic imine (C=N–C) groups is 1. The number of nitrogens with zero attached hydrogens (tertiary/aromatic N) is 1. The number of hydrogen-bond donors (Lipinski definition) is 3. The van der Waals surface area contributed by atoms with Gasteiger partial charge in [0, 0.05) is 31.7 Å². The molecule has 1 aromatic rings. The molecule has 0 spiro atoms. The van der Waals surface area contributed by atoms with E-state index in [4.69, 9.17) is 4.74 Å². The van der Waals surface area contributed by atoms with Crippen molar-refractivity contribution < 1.29 is 9.84 Å². The largest absolute Gasteiger partial charge is 0.487 e. The number of rotatable bonds is 5. The maximum absolute atomic E-state index is 9.17. The van der Waals surface area contributed by atoms with Crippen LogP contribution < -0.4 is 15.4 Å². The summed E-state index contributed by atoms with van der Waals surface area (Å²) in [6.45, 7) is 9.79. The predicted molar refractivity (Wildman–Crippen MR) is 109 cm³/mol. The van der Waals surface area contributed by atoms with E-state index in [1.54, 1.807) is 0 Å². The van der Waals surface area contributed by atoms with Gasteiger partial charge in [-0.25, -0.2) is 0 Å². The number of ether oxygens (including phenoxy) is 1. The first kappa shape index (κ1) is 21.0. The van der Waals surface area contributed by atoms with Gasteiger partial charge in [0.15, 0.2) is 5.96 Å². The lowest BCUT2D eigenvalue weighted by molar-refractivity contribution is 0.0694. The van der Waals surface area contributed by atoms with Crippen LogP contribution in [-0.4, -0.2) is 36.4 Å². The fraction of sp³-hybridized carbons (Fsp3) is 0.611. The average Bonchev–Trinajstić information content (AvgIpc) is 2.51. The summed E-state index contributed by atoms with van der Waals surface area (Å²) < 4.78 is 6.07. The molecule has 1 aliphatic heterocycles. The van der Waals surface area contributed by atoms with E-state index in [1.165, 1.54) is 0 Å². The van der Waals surface area contributed by atoms with Crippen LogP contribution in [0.1, 0.15) is 45.7 Å². The molecule has 0 radical (unpaired) electrons. The minimum absolute atomic E-state index is 0. The Bertz CT molecular complexity index is 549. The third-order valence-corrected chi connectivity index (χ3v) is 3.90. The van der Waals surface area contributed by atoms with Gasteiger partial charge in [0.25, 0.3) is 0 Å². The van der Waals surface area contributed by atoms with Gasteiger partial charge in [-0.15, -0.1) is 24.0 Å². The molecule has 136 valence electrons. The monoisotopic (exact) mass is 447 g/mol. The molecule has 2 unspecified atom stereocenters. The molecular weight excluding hydrogens is 417 g/mol. The summed E-state index contributed by atoms with van der Waals surface area (Å²) in [5.41, 5.74) is 0.939. The zero-order chi connectivity index (χ0) is 16.9. The molecule has 0 fully saturated rings. The van der Waals surface area contributed by atoms with Crippen molar-refractivity contribution in [3.63, 3.8) is 0 Å². The van der Waals surface area contributed by atoms with Crippen molar-refractivity contribution >= 4 is 29.9 Å². The molecule has 0 saturated heterocycles. The number of hydrogen-bond acceptors (Lipinski definition) is 3. The molecule has 3 N–H and O–H groups in total. The Morgan fingerprint density at radius 1 is 1.42 bits per heavy atom. The lowest BCUT2D eigenvalue weighted by Gasteiger charge is -2.38. The molecule has 0 saturated carbocycles. The van der Waals surface area contributed by atoms with Crippen molar-refractivity contribution in [2.45, 2.75) is 45.8 Å². The second-order valence-corrected chi connectivity index (χ2v) is 6.81. The molecule has 1 aromatic carbocycles. The zero-order valence-electron chi connectivity index (χ0n) is 15.0. The van der Waals surface area contributed by atoms with Crippen molar-refractivity contribution in [1.29, 1.82) is 0 Å². The topological polar surface area (TPSA) is 65.9 Å². The highest BCUT2D eigenvalue weighted by Crippen LogP contribution is 2.39. The second kappa shape index (κ2) is 9.46. The van der Waals surface area contributed by atoms with Gasteiger partial charge in [0.05, 0.1) is 6.04 Å². The van der Waals surface area contributed by atoms with Crippen LogP contribution in [0.5, 0.6) is 5.75 Å². The van der Waals surface area contributed by atoms with Gasteiger partial charge < -0.3 is 20.5 Å². The smallest absolute Gasteiger partial charge is 0.191 e. The van der Waals surface area contributed by atoms with Crippen LogP contribution in [0.15, 0.2) is 29.3 Å². The van der Waals surface area contributed by atoms with Crippen LogP contribution in [0.2, 0.25) is 0 Å². The van der Waals surface area contributed by atoms with E-state index in [9.17, 15) is 5.11 Å². The van der Waals surface area contributed by atoms with Crippen molar-refractivity contribution in [2.75, 3.05) is 19.7 Å². The van der Waals surface area contributed by atoms with Crippen molar-refractivity contribution in [3.8, 4) is 5.75 Å². The number of benzene rings is 1. The summed E-state index contributed by atoms with van der Waals surface area (Å²) in [5.74, 6) is 1.87. The second-order valence-electron chi connectivity index (χ2n) is 6.81. The summed E-state index contributed by atoms with van der Waals surface area (Å²) in [6.07, 6.45) is 0.865. The van der Waals surface area contributed by atoms with Gasteiger partial charge in [-0.1, -0.05) is 25.1 Å². The number of aliphatic hydroxyl groups excluding tert-OH is 1. The quantitative estimate of drug-likeness (QED) is 0.369. The maximum Gasteiger partial charge on any atom is 0.191 e. The van der Waals surface area contributed by atoms with E-state index in [1.807, 2.05) is 25.1 Å². The highest BCUT2D eigenvalue weighted by molar-refractivity contribution is 14.0. The summed E-state index contributed by atoms with van der Waals surface area (Å²) in [5, 5.41) is 16.0. The summed E-state index contributed by atoms with van der Waals surface area (Å²) in [7, 11) is 0. The standard InChI is InChI=1S/C18H29N3O2.HI/c1-5-19-17(20-11-13(2)12-22)21-15-10-18(3,4)23-16-9-7-6-8-14(15)16;/h6-9,13,15,22H,5,10-12H2,1-4H3,(H2,19,20,21);1H. The number of aliphatic hydroxyl groups is 1. The first-order valence-corrected chi connectivity index (χ1v) is 8.39. The van der Waals surface area contributed by atoms with Crippen molar-refractivity contribution in [3.05, 3.63) is 29.8 Å². The van der Waals surface area contributed by atoms with E-state index < -0.39 is 0 Å². The Labute approximate surface area is 162 Å². The maximum atomic E-state index is 9.17. The van der Waals surface area contributed by atoms with Crippen LogP contribution in [0, 0.1) is 5.92 Å². The lowest BCUT2D eigenvalue weighted by Crippen LogP contribution is -2.45. The molecule has 2 rings (SSSR count). The number of para-hydroxylation sites is 1. The third-order valence-electron chi connectivity index (χ3n) is 3.90. The Morgan fingerprint density at radius 2 is 2.12 bits per heavy atom. The molecule has 1 aliphatic rings. The fourth-order valence-electron chi connectivity index (χ4n) is 2.72. The van der Waals surface area contributed by atoms with Crippen LogP contribution in [0.4, 0.5) is 0 Å². The number of guanidine groups is 1. The molecule has 2 atom stereocenters. The molecule has 1 heterocycles. The van der Waals surface area contributed by atoms with Crippen molar-refractivity contribution in [1.82, 2.24) is 10.6 Å². The Balaban J connectivity index is 0.00000288. The average molecular weight is 447 g/mol. The molecule has 0 bridgehead atoms. The Kier molecular flexibility index (Phi) is 8.29. The number of halogens is 1. The summed E-state index contributed by atoms with van der Waals surface area (Å²) in [6, 6.07) is 8.30. The van der Waals surface area contributed by atoms with Crippen LogP contribution in [0.25, 0.3) is 0 Å². The van der Waals surface area contributed by atoms with Crippen LogP contribution >= 0.6 is 24.0 Å². The molecule has 0 amide bonds. The molecule has 6 heteroatoms. The van der Waals surface area contributed by atoms with E-state index in [-0.39, 0.29) is 48.1 Å². The summed E-state index contributed by atoms with van der Waals surface area (Å²) in [4.78, 5) is 4.59. The van der Waals surface area contributed by atoms with Gasteiger partial charge >= 0.3 is 0 Å². The molecule has 24 heavy (non-hydrogen) atoms. The lowest BCUT2D eigenvalue weighted by atomic mass is 9.90. The SMILES string of the molecule is CCNC(=NCC(C)CO)NC1CC(C)(C)Oc2ccccc21.I. The first-order valence-electron chi connectivity index (χ1n) is 8.39. The van der Waals surface area contributed by atoms with E-state index in [2.05, 4.69) is 42.5 Å². The number of fused-ring (bicyclic) bond motifs is 1. The first-order chi connectivity index (χ1) is 10.9. The predicted octanol–water partition coefficient (Wildman–Crippen LogP) is 3.09. The minimum Gasteiger partial charge on any atom is -0.487 e. The minimum atomic E-state index is -0.221. The van der Waals surface area contributed by atoms with Gasteiger partial charge in [0.1, 0.15) is 11.4 Å². The number of nitrogens with one attached hydrogen (secondary N) is 2. The Hall–Kier alpha value is -1.02. The van der Waals surface area contributed by atoms with E-state index in [0.717, 1.165) is 30.2 Å². The normalized spacial score (nSPS) is 20.2. The van der Waals surface area contributed by atoms with Crippen molar-refractivity contribution in [2.24, 2.45) is 10.9 Å². The van der Waals surface area contributed by atoms with Crippen LogP contribution in [-0.2, 0) is 0 Å². The van der Waals surface area contributed by atoms with E-state index in [0.29, 0.717) is 6.54 Å². The molecule has 0 aliphatic carbocycles. The fourth-order valence-corrected chi connectivity index (χ4v) is 2.72. The third kappa shape index (κ3) is 5.81. The van der Waals surface area contributed by atoms with Gasteiger partial charge in [-0.05, 0) is 32.8 Å². The van der Waals surface area contributed by atoms with E-state index >= 15 is 0 Å². The van der Waals surface area contributed by atoms with Gasteiger partial charge in [0.2, 0.25) is 0 Å². The highest BCUT2D eigenvalue weighted by Gasteiger charge is 2.33.